The maximum Gasteiger partial charge on any atom is 0.338 e. The van der Waals surface area contributed by atoms with Crippen molar-refractivity contribution in [3.05, 3.63) is 70.7 Å². The van der Waals surface area contributed by atoms with Crippen molar-refractivity contribution in [2.24, 2.45) is 0 Å². The highest BCUT2D eigenvalue weighted by molar-refractivity contribution is 9.10. The molecular weight excluding hydrogens is 410 g/mol. The lowest BCUT2D eigenvalue weighted by molar-refractivity contribution is -0.118. The van der Waals surface area contributed by atoms with E-state index in [0.717, 1.165) is 15.2 Å². The third-order valence-corrected chi connectivity index (χ3v) is 4.68. The van der Waals surface area contributed by atoms with E-state index in [-0.39, 0.29) is 18.5 Å². The third-order valence-electron chi connectivity index (χ3n) is 3.87. The Kier molecular flexibility index (Phi) is 6.08. The van der Waals surface area contributed by atoms with Crippen molar-refractivity contribution in [1.82, 2.24) is 0 Å². The standard InChI is InChI=1S/C21H18BrNO4/c1-2-26-21(25)15-7-10-16(11-8-15)23-19(24)13-27-18-12-9-14-5-3-4-6-17(14)20(18)22/h3-12H,2,13H2,1H3,(H,23,24). The molecule has 3 aromatic rings. The lowest BCUT2D eigenvalue weighted by atomic mass is 10.1. The van der Waals surface area contributed by atoms with Gasteiger partial charge < -0.3 is 14.8 Å². The molecule has 0 unspecified atom stereocenters. The topological polar surface area (TPSA) is 64.6 Å². The van der Waals surface area contributed by atoms with Crippen LogP contribution in [0.1, 0.15) is 17.3 Å². The van der Waals surface area contributed by atoms with Crippen LogP contribution in [0.25, 0.3) is 10.8 Å². The van der Waals surface area contributed by atoms with E-state index in [4.69, 9.17) is 9.47 Å². The van der Waals surface area contributed by atoms with Gasteiger partial charge in [0, 0.05) is 5.69 Å². The molecule has 3 rings (SSSR count). The zero-order valence-electron chi connectivity index (χ0n) is 14.7. The predicted molar refractivity (Wildman–Crippen MR) is 108 cm³/mol. The summed E-state index contributed by atoms with van der Waals surface area (Å²) in [5, 5.41) is 4.84. The van der Waals surface area contributed by atoms with Gasteiger partial charge >= 0.3 is 5.97 Å². The molecule has 6 heteroatoms. The summed E-state index contributed by atoms with van der Waals surface area (Å²) in [5.74, 6) is -0.0830. The molecule has 0 spiro atoms. The van der Waals surface area contributed by atoms with Crippen LogP contribution in [0.15, 0.2) is 65.1 Å². The first-order chi connectivity index (χ1) is 13.1. The molecule has 0 bridgehead atoms. The van der Waals surface area contributed by atoms with E-state index in [2.05, 4.69) is 21.2 Å². The molecule has 0 aliphatic rings. The van der Waals surface area contributed by atoms with Crippen LogP contribution in [0.2, 0.25) is 0 Å². The van der Waals surface area contributed by atoms with Crippen LogP contribution in [0.5, 0.6) is 5.75 Å². The summed E-state index contributed by atoms with van der Waals surface area (Å²) in [6.07, 6.45) is 0. The lowest BCUT2D eigenvalue weighted by Crippen LogP contribution is -2.20. The second kappa shape index (κ2) is 8.68. The molecule has 1 amide bonds. The van der Waals surface area contributed by atoms with Crippen molar-refractivity contribution in [1.29, 1.82) is 0 Å². The van der Waals surface area contributed by atoms with Crippen LogP contribution < -0.4 is 10.1 Å². The van der Waals surface area contributed by atoms with E-state index >= 15 is 0 Å². The third kappa shape index (κ3) is 4.65. The molecule has 27 heavy (non-hydrogen) atoms. The van der Waals surface area contributed by atoms with Crippen molar-refractivity contribution in [2.45, 2.75) is 6.92 Å². The molecule has 1 N–H and O–H groups in total. The van der Waals surface area contributed by atoms with Gasteiger partial charge in [0.05, 0.1) is 16.6 Å². The lowest BCUT2D eigenvalue weighted by Gasteiger charge is -2.11. The molecule has 0 radical (unpaired) electrons. The summed E-state index contributed by atoms with van der Waals surface area (Å²) < 4.78 is 11.4. The predicted octanol–water partition coefficient (Wildman–Crippen LogP) is 4.80. The van der Waals surface area contributed by atoms with Crippen LogP contribution in [0.4, 0.5) is 5.69 Å². The van der Waals surface area contributed by atoms with E-state index in [1.807, 2.05) is 36.4 Å². The second-order valence-corrected chi connectivity index (χ2v) is 6.53. The Morgan fingerprint density at radius 1 is 1.00 bits per heavy atom. The van der Waals surface area contributed by atoms with E-state index in [1.54, 1.807) is 31.2 Å². The number of nitrogens with one attached hydrogen (secondary N) is 1. The SMILES string of the molecule is CCOC(=O)c1ccc(NC(=O)COc2ccc3ccccc3c2Br)cc1. The van der Waals surface area contributed by atoms with E-state index in [0.29, 0.717) is 23.6 Å². The minimum absolute atomic E-state index is 0.128. The van der Waals surface area contributed by atoms with Crippen molar-refractivity contribution in [3.63, 3.8) is 0 Å². The smallest absolute Gasteiger partial charge is 0.338 e. The number of fused-ring (bicyclic) bond motifs is 1. The van der Waals surface area contributed by atoms with Crippen LogP contribution in [0, 0.1) is 0 Å². The average Bonchev–Trinajstić information content (AvgIpc) is 2.68. The molecule has 0 saturated heterocycles. The molecular formula is C21H18BrNO4. The summed E-state index contributed by atoms with van der Waals surface area (Å²) in [7, 11) is 0. The number of ether oxygens (including phenoxy) is 2. The van der Waals surface area contributed by atoms with Crippen molar-refractivity contribution in [3.8, 4) is 5.75 Å². The Balaban J connectivity index is 1.60. The van der Waals surface area contributed by atoms with Gasteiger partial charge in [0.2, 0.25) is 0 Å². The number of hydrogen-bond acceptors (Lipinski definition) is 4. The average molecular weight is 428 g/mol. The molecule has 138 valence electrons. The van der Waals surface area contributed by atoms with Crippen molar-refractivity contribution >= 4 is 44.3 Å². The molecule has 0 atom stereocenters. The number of benzene rings is 3. The van der Waals surface area contributed by atoms with Crippen molar-refractivity contribution in [2.75, 3.05) is 18.5 Å². The largest absolute Gasteiger partial charge is 0.483 e. The summed E-state index contributed by atoms with van der Waals surface area (Å²) in [4.78, 5) is 23.8. The first kappa shape index (κ1) is 18.9. The van der Waals surface area contributed by atoms with E-state index in [9.17, 15) is 9.59 Å². The van der Waals surface area contributed by atoms with Gasteiger partial charge in [0.15, 0.2) is 6.61 Å². The Hall–Kier alpha value is -2.86. The maximum absolute atomic E-state index is 12.1. The van der Waals surface area contributed by atoms with Gasteiger partial charge in [-0.1, -0.05) is 30.3 Å². The highest BCUT2D eigenvalue weighted by atomic mass is 79.9. The Labute approximate surface area is 165 Å². The number of halogens is 1. The van der Waals surface area contributed by atoms with Crippen molar-refractivity contribution < 1.29 is 19.1 Å². The fourth-order valence-corrected chi connectivity index (χ4v) is 3.18. The van der Waals surface area contributed by atoms with Gasteiger partial charge in [-0.05, 0) is 64.0 Å². The number of carbonyl (C=O) groups excluding carboxylic acids is 2. The molecule has 0 fully saturated rings. The molecule has 0 aliphatic carbocycles. The zero-order chi connectivity index (χ0) is 19.2. The van der Waals surface area contributed by atoms with Gasteiger partial charge in [0.1, 0.15) is 5.75 Å². The summed E-state index contributed by atoms with van der Waals surface area (Å²) in [6.45, 7) is 1.94. The Morgan fingerprint density at radius 3 is 2.48 bits per heavy atom. The van der Waals surface area contributed by atoms with Gasteiger partial charge in [0.25, 0.3) is 5.91 Å². The quantitative estimate of drug-likeness (QED) is 0.573. The molecule has 0 heterocycles. The summed E-state index contributed by atoms with van der Waals surface area (Å²) in [6, 6.07) is 18.2. The number of esters is 1. The molecule has 3 aromatic carbocycles. The molecule has 0 saturated carbocycles. The number of rotatable bonds is 6. The number of amides is 1. The minimum Gasteiger partial charge on any atom is -0.483 e. The van der Waals surface area contributed by atoms with E-state index < -0.39 is 0 Å². The van der Waals surface area contributed by atoms with E-state index in [1.165, 1.54) is 0 Å². The van der Waals surface area contributed by atoms with Crippen LogP contribution in [0.3, 0.4) is 0 Å². The minimum atomic E-state index is -0.389. The highest BCUT2D eigenvalue weighted by Crippen LogP contribution is 2.33. The fraction of sp³-hybridized carbons (Fsp3) is 0.143. The Morgan fingerprint density at radius 2 is 1.74 bits per heavy atom. The highest BCUT2D eigenvalue weighted by Gasteiger charge is 2.10. The van der Waals surface area contributed by atoms with Gasteiger partial charge in [-0.15, -0.1) is 0 Å². The fourth-order valence-electron chi connectivity index (χ4n) is 2.57. The zero-order valence-corrected chi connectivity index (χ0v) is 16.3. The second-order valence-electron chi connectivity index (χ2n) is 5.73. The monoisotopic (exact) mass is 427 g/mol. The molecule has 5 nitrogen and oxygen atoms in total. The number of carbonyl (C=O) groups is 2. The van der Waals surface area contributed by atoms with Crippen LogP contribution in [-0.4, -0.2) is 25.1 Å². The van der Waals surface area contributed by atoms with Gasteiger partial charge in [-0.3, -0.25) is 4.79 Å². The van der Waals surface area contributed by atoms with Gasteiger partial charge in [-0.25, -0.2) is 4.79 Å². The number of hydrogen-bond donors (Lipinski definition) is 1. The summed E-state index contributed by atoms with van der Waals surface area (Å²) >= 11 is 3.53. The van der Waals surface area contributed by atoms with Crippen LogP contribution >= 0.6 is 15.9 Å². The first-order valence-corrected chi connectivity index (χ1v) is 9.25. The normalized spacial score (nSPS) is 10.4. The van der Waals surface area contributed by atoms with Crippen LogP contribution in [-0.2, 0) is 9.53 Å². The summed E-state index contributed by atoms with van der Waals surface area (Å²) in [5.41, 5.74) is 1.01. The molecule has 0 aromatic heterocycles. The molecule has 0 aliphatic heterocycles. The van der Waals surface area contributed by atoms with Gasteiger partial charge in [-0.2, -0.15) is 0 Å². The first-order valence-electron chi connectivity index (χ1n) is 8.45. The Bertz CT molecular complexity index is 970. The number of anilines is 1. The maximum atomic E-state index is 12.1.